The van der Waals surface area contributed by atoms with Crippen LogP contribution in [0.15, 0.2) is 152 Å². The highest BCUT2D eigenvalue weighted by molar-refractivity contribution is 6.32. The molecule has 0 unspecified atom stereocenters. The van der Waals surface area contributed by atoms with Gasteiger partial charge in [-0.3, -0.25) is 0 Å². The van der Waals surface area contributed by atoms with E-state index in [1.54, 1.807) is 0 Å². The van der Waals surface area contributed by atoms with Crippen molar-refractivity contribution in [2.45, 2.75) is 0 Å². The van der Waals surface area contributed by atoms with Crippen molar-refractivity contribution >= 4 is 54.1 Å². The Balaban J connectivity index is 1.22. The van der Waals surface area contributed by atoms with Gasteiger partial charge >= 0.3 is 0 Å². The van der Waals surface area contributed by atoms with E-state index in [2.05, 4.69) is 156 Å². The Kier molecular flexibility index (Phi) is 4.51. The highest BCUT2D eigenvalue weighted by Gasteiger charge is 2.22. The largest absolute Gasteiger partial charge is 0.309 e. The van der Waals surface area contributed by atoms with Gasteiger partial charge in [-0.2, -0.15) is 0 Å². The van der Waals surface area contributed by atoms with E-state index in [9.17, 15) is 0 Å². The molecule has 0 bridgehead atoms. The van der Waals surface area contributed by atoms with Gasteiger partial charge in [-0.15, -0.1) is 0 Å². The minimum Gasteiger partial charge on any atom is -0.309 e. The number of aromatic nitrogens is 1. The summed E-state index contributed by atoms with van der Waals surface area (Å²) in [6, 6.07) is 55.9. The summed E-state index contributed by atoms with van der Waals surface area (Å²) in [7, 11) is 0. The van der Waals surface area contributed by atoms with Crippen molar-refractivity contribution in [1.29, 1.82) is 0 Å². The van der Waals surface area contributed by atoms with Crippen LogP contribution >= 0.6 is 0 Å². The van der Waals surface area contributed by atoms with Gasteiger partial charge in [0, 0.05) is 21.8 Å². The number of hydrogen-bond acceptors (Lipinski definition) is 0. The Morgan fingerprint density at radius 3 is 1.60 bits per heavy atom. The van der Waals surface area contributed by atoms with E-state index < -0.39 is 0 Å². The van der Waals surface area contributed by atoms with Crippen molar-refractivity contribution in [3.05, 3.63) is 152 Å². The van der Waals surface area contributed by atoms with E-state index >= 15 is 0 Å². The highest BCUT2D eigenvalue weighted by atomic mass is 15.0. The van der Waals surface area contributed by atoms with Gasteiger partial charge in [0.25, 0.3) is 0 Å². The molecule has 0 spiro atoms. The zero-order chi connectivity index (χ0) is 28.1. The second-order valence-electron chi connectivity index (χ2n) is 11.6. The smallest absolute Gasteiger partial charge is 0.0625 e. The van der Waals surface area contributed by atoms with Crippen LogP contribution in [0, 0.1) is 0 Å². The van der Waals surface area contributed by atoms with Crippen LogP contribution < -0.4 is 0 Å². The summed E-state index contributed by atoms with van der Waals surface area (Å²) in [5.74, 6) is 0. The van der Waals surface area contributed by atoms with Gasteiger partial charge in [0.15, 0.2) is 0 Å². The van der Waals surface area contributed by atoms with Crippen LogP contribution in [0.25, 0.3) is 93.2 Å². The minimum atomic E-state index is 1.17. The molecule has 1 aliphatic carbocycles. The van der Waals surface area contributed by atoms with Gasteiger partial charge in [0.1, 0.15) is 0 Å². The maximum absolute atomic E-state index is 2.47. The predicted molar refractivity (Wildman–Crippen MR) is 183 cm³/mol. The highest BCUT2D eigenvalue weighted by Crippen LogP contribution is 2.49. The zero-order valence-corrected chi connectivity index (χ0v) is 23.4. The number of nitrogens with zero attached hydrogens (tertiary/aromatic N) is 1. The van der Waals surface area contributed by atoms with Crippen molar-refractivity contribution < 1.29 is 0 Å². The fourth-order valence-corrected chi connectivity index (χ4v) is 7.75. The fourth-order valence-electron chi connectivity index (χ4n) is 7.75. The van der Waals surface area contributed by atoms with E-state index in [0.717, 1.165) is 0 Å². The third-order valence-electron chi connectivity index (χ3n) is 9.53. The van der Waals surface area contributed by atoms with Gasteiger partial charge in [-0.1, -0.05) is 133 Å². The zero-order valence-electron chi connectivity index (χ0n) is 23.4. The Bertz CT molecular complexity index is 2570. The molecule has 0 aliphatic heterocycles. The van der Waals surface area contributed by atoms with Crippen LogP contribution in [-0.4, -0.2) is 4.57 Å². The van der Waals surface area contributed by atoms with Crippen LogP contribution in [0.2, 0.25) is 0 Å². The molecule has 1 heterocycles. The van der Waals surface area contributed by atoms with Gasteiger partial charge in [0.2, 0.25) is 0 Å². The minimum absolute atomic E-state index is 1.17. The average Bonchev–Trinajstić information content (AvgIpc) is 3.60. The van der Waals surface area contributed by atoms with Gasteiger partial charge < -0.3 is 4.57 Å². The lowest BCUT2D eigenvalue weighted by molar-refractivity contribution is 1.19. The van der Waals surface area contributed by atoms with E-state index in [0.29, 0.717) is 0 Å². The normalized spacial score (nSPS) is 12.2. The van der Waals surface area contributed by atoms with Crippen molar-refractivity contribution in [3.8, 4) is 39.1 Å². The van der Waals surface area contributed by atoms with Crippen molar-refractivity contribution in [2.75, 3.05) is 0 Å². The maximum Gasteiger partial charge on any atom is 0.0625 e. The van der Waals surface area contributed by atoms with Crippen molar-refractivity contribution in [3.63, 3.8) is 0 Å². The fraction of sp³-hybridized carbons (Fsp3) is 0. The molecule has 0 fully saturated rings. The molecule has 0 atom stereocenters. The van der Waals surface area contributed by atoms with Gasteiger partial charge in [0.05, 0.1) is 11.0 Å². The van der Waals surface area contributed by atoms with Crippen LogP contribution in [0.4, 0.5) is 0 Å². The van der Waals surface area contributed by atoms with Gasteiger partial charge in [-0.25, -0.2) is 0 Å². The summed E-state index contributed by atoms with van der Waals surface area (Å²) in [4.78, 5) is 0. The van der Waals surface area contributed by atoms with E-state index in [1.165, 1.54) is 93.2 Å². The summed E-state index contributed by atoms with van der Waals surface area (Å²) in [6.45, 7) is 0. The summed E-state index contributed by atoms with van der Waals surface area (Å²) in [5, 5.41) is 10.5. The summed E-state index contributed by atoms with van der Waals surface area (Å²) >= 11 is 0. The molecule has 43 heavy (non-hydrogen) atoms. The molecule has 1 aromatic heterocycles. The quantitative estimate of drug-likeness (QED) is 0.191. The Morgan fingerprint density at radius 1 is 0.302 bits per heavy atom. The standard InChI is InChI=1S/C42H25N/c1-2-11-30-29(10-1)34-18-9-17-33-28(24-25-36(30)40(33)34)26-20-22-27(23-21-26)43-39-19-8-7-16-38(39)41-35-14-5-3-12-31(35)32-13-4-6-15-37(32)42(41)43/h1-25H. The number of benzene rings is 8. The molecule has 1 nitrogen and oxygen atoms in total. The lowest BCUT2D eigenvalue weighted by Gasteiger charge is -2.14. The topological polar surface area (TPSA) is 4.93 Å². The van der Waals surface area contributed by atoms with Crippen molar-refractivity contribution in [1.82, 2.24) is 4.57 Å². The second-order valence-corrected chi connectivity index (χ2v) is 11.6. The molecule has 0 N–H and O–H groups in total. The van der Waals surface area contributed by atoms with Gasteiger partial charge in [-0.05, 0) is 78.5 Å². The third-order valence-corrected chi connectivity index (χ3v) is 9.53. The lowest BCUT2D eigenvalue weighted by atomic mass is 9.94. The van der Waals surface area contributed by atoms with E-state index in [4.69, 9.17) is 0 Å². The van der Waals surface area contributed by atoms with Crippen LogP contribution in [-0.2, 0) is 0 Å². The van der Waals surface area contributed by atoms with E-state index in [-0.39, 0.29) is 0 Å². The van der Waals surface area contributed by atoms with Crippen molar-refractivity contribution in [2.24, 2.45) is 0 Å². The summed E-state index contributed by atoms with van der Waals surface area (Å²) in [6.07, 6.45) is 0. The second kappa shape index (κ2) is 8.44. The Labute approximate surface area is 248 Å². The molecule has 1 aliphatic rings. The number of rotatable bonds is 2. The molecule has 0 saturated carbocycles. The number of hydrogen-bond donors (Lipinski definition) is 0. The van der Waals surface area contributed by atoms with Crippen LogP contribution in [0.5, 0.6) is 0 Å². The summed E-state index contributed by atoms with van der Waals surface area (Å²) < 4.78 is 2.47. The SMILES string of the molecule is c1ccc2c(c1)-c1cccc3c(-c4ccc(-n5c6ccccc6c6c7ccccc7c7ccccc7c65)cc4)ccc-2c13. The molecule has 8 aromatic carbocycles. The molecule has 0 saturated heterocycles. The number of fused-ring (bicyclic) bond motifs is 11. The van der Waals surface area contributed by atoms with E-state index in [1.807, 2.05) is 0 Å². The molecule has 9 aromatic rings. The third kappa shape index (κ3) is 3.01. The maximum atomic E-state index is 2.47. The Hall–Kier alpha value is -5.66. The molecule has 1 heteroatoms. The first-order valence-corrected chi connectivity index (χ1v) is 15.0. The lowest BCUT2D eigenvalue weighted by Crippen LogP contribution is -1.95. The van der Waals surface area contributed by atoms with Crippen LogP contribution in [0.3, 0.4) is 0 Å². The molecule has 0 amide bonds. The van der Waals surface area contributed by atoms with Crippen LogP contribution in [0.1, 0.15) is 0 Å². The summed E-state index contributed by atoms with van der Waals surface area (Å²) in [5.41, 5.74) is 11.5. The first-order valence-electron chi connectivity index (χ1n) is 15.0. The molecule has 0 radical (unpaired) electrons. The first-order chi connectivity index (χ1) is 21.4. The first kappa shape index (κ1) is 23.0. The predicted octanol–water partition coefficient (Wildman–Crippen LogP) is 11.6. The number of para-hydroxylation sites is 1. The monoisotopic (exact) mass is 543 g/mol. The molecular formula is C42H25N. The molecule has 10 rings (SSSR count). The molecular weight excluding hydrogens is 518 g/mol. The molecule has 198 valence electrons. The average molecular weight is 544 g/mol. The Morgan fingerprint density at radius 2 is 0.837 bits per heavy atom.